The second-order valence-corrected chi connectivity index (χ2v) is 6.33. The maximum Gasteiger partial charge on any atom is 0.176 e. The summed E-state index contributed by atoms with van der Waals surface area (Å²) in [4.78, 5) is 12.1. The Bertz CT molecular complexity index is 688. The van der Waals surface area contributed by atoms with Crippen molar-refractivity contribution >= 4 is 23.5 Å². The van der Waals surface area contributed by atoms with Gasteiger partial charge in [0.15, 0.2) is 5.78 Å². The van der Waals surface area contributed by atoms with Crippen LogP contribution in [-0.4, -0.2) is 11.2 Å². The van der Waals surface area contributed by atoms with E-state index in [2.05, 4.69) is 42.5 Å². The Labute approximate surface area is 136 Å². The van der Waals surface area contributed by atoms with E-state index >= 15 is 0 Å². The molecule has 2 aromatic rings. The zero-order valence-corrected chi connectivity index (χ0v) is 13.2. The molecule has 0 amide bonds. The molecule has 0 saturated heterocycles. The molecule has 0 spiro atoms. The molecule has 1 saturated carbocycles. The van der Waals surface area contributed by atoms with Crippen molar-refractivity contribution in [2.45, 2.75) is 31.1 Å². The standard InChI is InChI=1S/C20H19ClO/c21-19-11-5-10-18(20(19)22)14-17-9-4-8-16(13-17)12-15-6-2-1-3-7-15/h1-4,6-9,13-14,19H,5,10-12H2. The smallest absolute Gasteiger partial charge is 0.176 e. The van der Waals surface area contributed by atoms with Crippen LogP contribution in [0, 0.1) is 0 Å². The lowest BCUT2D eigenvalue weighted by atomic mass is 9.91. The summed E-state index contributed by atoms with van der Waals surface area (Å²) in [6.07, 6.45) is 5.54. The first kappa shape index (κ1) is 15.1. The molecular weight excluding hydrogens is 292 g/mol. The highest BCUT2D eigenvalue weighted by Crippen LogP contribution is 2.26. The van der Waals surface area contributed by atoms with Crippen LogP contribution >= 0.6 is 11.6 Å². The second kappa shape index (κ2) is 6.93. The topological polar surface area (TPSA) is 17.1 Å². The average molecular weight is 311 g/mol. The van der Waals surface area contributed by atoms with Gasteiger partial charge in [-0.15, -0.1) is 11.6 Å². The molecule has 1 nitrogen and oxygen atoms in total. The van der Waals surface area contributed by atoms with E-state index in [-0.39, 0.29) is 11.2 Å². The summed E-state index contributed by atoms with van der Waals surface area (Å²) in [6, 6.07) is 18.8. The zero-order chi connectivity index (χ0) is 15.4. The molecule has 2 aromatic carbocycles. The van der Waals surface area contributed by atoms with E-state index in [4.69, 9.17) is 11.6 Å². The first-order valence-corrected chi connectivity index (χ1v) is 8.18. The Balaban J connectivity index is 1.81. The van der Waals surface area contributed by atoms with E-state index in [9.17, 15) is 4.79 Å². The van der Waals surface area contributed by atoms with Crippen molar-refractivity contribution in [1.82, 2.24) is 0 Å². The molecule has 2 heteroatoms. The predicted octanol–water partition coefficient (Wildman–Crippen LogP) is 5.02. The summed E-state index contributed by atoms with van der Waals surface area (Å²) in [6.45, 7) is 0. The van der Waals surface area contributed by atoms with E-state index in [1.807, 2.05) is 18.2 Å². The molecule has 0 N–H and O–H groups in total. The van der Waals surface area contributed by atoms with Crippen LogP contribution in [0.1, 0.15) is 36.0 Å². The van der Waals surface area contributed by atoms with Gasteiger partial charge < -0.3 is 0 Å². The number of ketones is 1. The molecule has 0 radical (unpaired) electrons. The number of hydrogen-bond acceptors (Lipinski definition) is 1. The lowest BCUT2D eigenvalue weighted by Gasteiger charge is -2.17. The van der Waals surface area contributed by atoms with E-state index in [1.165, 1.54) is 11.1 Å². The third kappa shape index (κ3) is 3.66. The third-order valence-corrected chi connectivity index (χ3v) is 4.46. The number of carbonyl (C=O) groups excluding carboxylic acids is 1. The van der Waals surface area contributed by atoms with Crippen molar-refractivity contribution in [3.8, 4) is 0 Å². The van der Waals surface area contributed by atoms with Crippen LogP contribution in [0.25, 0.3) is 6.08 Å². The second-order valence-electron chi connectivity index (χ2n) is 5.80. The van der Waals surface area contributed by atoms with Crippen molar-refractivity contribution in [1.29, 1.82) is 0 Å². The minimum Gasteiger partial charge on any atom is -0.293 e. The molecule has 22 heavy (non-hydrogen) atoms. The van der Waals surface area contributed by atoms with Gasteiger partial charge in [-0.3, -0.25) is 4.79 Å². The predicted molar refractivity (Wildman–Crippen MR) is 92.2 cm³/mol. The van der Waals surface area contributed by atoms with Crippen molar-refractivity contribution in [3.63, 3.8) is 0 Å². The van der Waals surface area contributed by atoms with E-state index < -0.39 is 0 Å². The van der Waals surface area contributed by atoms with Crippen molar-refractivity contribution in [2.75, 3.05) is 0 Å². The molecule has 1 fully saturated rings. The lowest BCUT2D eigenvalue weighted by molar-refractivity contribution is -0.116. The summed E-state index contributed by atoms with van der Waals surface area (Å²) in [7, 11) is 0. The summed E-state index contributed by atoms with van der Waals surface area (Å²) >= 11 is 6.08. The number of carbonyl (C=O) groups is 1. The SMILES string of the molecule is O=C1C(=Cc2cccc(Cc3ccccc3)c2)CCCC1Cl. The largest absolute Gasteiger partial charge is 0.293 e. The monoisotopic (exact) mass is 310 g/mol. The zero-order valence-electron chi connectivity index (χ0n) is 12.5. The Morgan fingerprint density at radius 2 is 1.82 bits per heavy atom. The summed E-state index contributed by atoms with van der Waals surface area (Å²) in [5.41, 5.74) is 4.50. The molecule has 0 aromatic heterocycles. The van der Waals surface area contributed by atoms with E-state index in [0.717, 1.165) is 36.8 Å². The molecule has 1 aliphatic carbocycles. The van der Waals surface area contributed by atoms with Gasteiger partial charge in [0.05, 0.1) is 5.38 Å². The van der Waals surface area contributed by atoms with Crippen LogP contribution in [0.2, 0.25) is 0 Å². The maximum atomic E-state index is 12.1. The summed E-state index contributed by atoms with van der Waals surface area (Å²) in [5.74, 6) is 0.0985. The number of alkyl halides is 1. The lowest BCUT2D eigenvalue weighted by Crippen LogP contribution is -2.21. The normalized spacial score (nSPS) is 20.3. The minimum atomic E-state index is -0.340. The first-order chi connectivity index (χ1) is 10.7. The molecule has 0 bridgehead atoms. The maximum absolute atomic E-state index is 12.1. The van der Waals surface area contributed by atoms with Crippen molar-refractivity contribution in [3.05, 3.63) is 76.9 Å². The molecule has 0 heterocycles. The number of allylic oxidation sites excluding steroid dienone is 1. The van der Waals surface area contributed by atoms with Gasteiger partial charge in [0.1, 0.15) is 0 Å². The number of halogens is 1. The van der Waals surface area contributed by atoms with Crippen LogP contribution in [-0.2, 0) is 11.2 Å². The average Bonchev–Trinajstić information content (AvgIpc) is 2.53. The first-order valence-electron chi connectivity index (χ1n) is 7.74. The molecule has 3 rings (SSSR count). The number of rotatable bonds is 3. The van der Waals surface area contributed by atoms with Crippen molar-refractivity contribution in [2.24, 2.45) is 0 Å². The van der Waals surface area contributed by atoms with Crippen LogP contribution in [0.5, 0.6) is 0 Å². The van der Waals surface area contributed by atoms with Crippen molar-refractivity contribution < 1.29 is 4.79 Å². The fraction of sp³-hybridized carbons (Fsp3) is 0.250. The Morgan fingerprint density at radius 1 is 1.05 bits per heavy atom. The molecule has 112 valence electrons. The van der Waals surface area contributed by atoms with Gasteiger partial charge in [-0.1, -0.05) is 54.6 Å². The number of Topliss-reactive ketones (excluding diaryl/α,β-unsaturated/α-hetero) is 1. The van der Waals surface area contributed by atoms with Gasteiger partial charge >= 0.3 is 0 Å². The van der Waals surface area contributed by atoms with Gasteiger partial charge in [0, 0.05) is 0 Å². The minimum absolute atomic E-state index is 0.0985. The number of hydrogen-bond donors (Lipinski definition) is 0. The molecule has 1 aliphatic rings. The van der Waals surface area contributed by atoms with Gasteiger partial charge in [0.25, 0.3) is 0 Å². The van der Waals surface area contributed by atoms with Crippen LogP contribution < -0.4 is 0 Å². The Hall–Kier alpha value is -1.86. The third-order valence-electron chi connectivity index (χ3n) is 4.05. The molecular formula is C20H19ClO. The van der Waals surface area contributed by atoms with E-state index in [1.54, 1.807) is 0 Å². The summed E-state index contributed by atoms with van der Waals surface area (Å²) in [5, 5.41) is -0.340. The Morgan fingerprint density at radius 3 is 2.64 bits per heavy atom. The fourth-order valence-electron chi connectivity index (χ4n) is 2.90. The van der Waals surface area contributed by atoms with Gasteiger partial charge in [-0.25, -0.2) is 0 Å². The summed E-state index contributed by atoms with van der Waals surface area (Å²) < 4.78 is 0. The van der Waals surface area contributed by atoms with Crippen LogP contribution in [0.4, 0.5) is 0 Å². The molecule has 0 aliphatic heterocycles. The highest BCUT2D eigenvalue weighted by atomic mass is 35.5. The van der Waals surface area contributed by atoms with Gasteiger partial charge in [-0.05, 0) is 54.0 Å². The highest BCUT2D eigenvalue weighted by Gasteiger charge is 2.24. The van der Waals surface area contributed by atoms with E-state index in [0.29, 0.717) is 0 Å². The quantitative estimate of drug-likeness (QED) is 0.574. The molecule has 1 unspecified atom stereocenters. The van der Waals surface area contributed by atoms with Gasteiger partial charge in [-0.2, -0.15) is 0 Å². The van der Waals surface area contributed by atoms with Gasteiger partial charge in [0.2, 0.25) is 0 Å². The Kier molecular flexibility index (Phi) is 4.74. The van der Waals surface area contributed by atoms with Crippen LogP contribution in [0.15, 0.2) is 60.2 Å². The van der Waals surface area contributed by atoms with Crippen LogP contribution in [0.3, 0.4) is 0 Å². The fourth-order valence-corrected chi connectivity index (χ4v) is 3.19. The number of benzene rings is 2. The molecule has 1 atom stereocenters. The highest BCUT2D eigenvalue weighted by molar-refractivity contribution is 6.34.